The molecule has 1 aromatic rings. The predicted octanol–water partition coefficient (Wildman–Crippen LogP) is 2.46. The number of nitrogens with zero attached hydrogens (tertiary/aromatic N) is 1. The summed E-state index contributed by atoms with van der Waals surface area (Å²) in [5.41, 5.74) is 2.01. The van der Waals surface area contributed by atoms with Crippen molar-refractivity contribution in [1.29, 1.82) is 0 Å². The Bertz CT molecular complexity index is 665. The highest BCUT2D eigenvalue weighted by Gasteiger charge is 2.46. The Labute approximate surface area is 160 Å². The van der Waals surface area contributed by atoms with Crippen LogP contribution in [0.4, 0.5) is 0 Å². The molecule has 2 aliphatic rings. The third kappa shape index (κ3) is 4.33. The van der Waals surface area contributed by atoms with Crippen molar-refractivity contribution in [2.24, 2.45) is 11.8 Å². The van der Waals surface area contributed by atoms with Crippen molar-refractivity contribution in [3.8, 4) is 0 Å². The largest absolute Gasteiger partial charge is 0.390 e. The topological polar surface area (TPSA) is 89.9 Å². The second-order valence-electron chi connectivity index (χ2n) is 8.09. The van der Waals surface area contributed by atoms with Crippen molar-refractivity contribution in [3.63, 3.8) is 0 Å². The fourth-order valence-electron chi connectivity index (χ4n) is 4.82. The molecule has 1 aliphatic carbocycles. The summed E-state index contributed by atoms with van der Waals surface area (Å²) in [6, 6.07) is 10.2. The van der Waals surface area contributed by atoms with Crippen molar-refractivity contribution in [3.05, 3.63) is 35.9 Å². The molecule has 3 rings (SSSR count). The minimum Gasteiger partial charge on any atom is -0.390 e. The molecule has 0 unspecified atom stereocenters. The lowest BCUT2D eigenvalue weighted by Crippen LogP contribution is -2.50. The van der Waals surface area contributed by atoms with Gasteiger partial charge in [0.15, 0.2) is 0 Å². The molecule has 0 spiro atoms. The molecule has 148 valence electrons. The number of benzene rings is 1. The number of likely N-dealkylation sites (tertiary alicyclic amines) is 1. The van der Waals surface area contributed by atoms with Gasteiger partial charge in [-0.2, -0.15) is 0 Å². The number of aliphatic hydroxyl groups is 1. The second kappa shape index (κ2) is 8.40. The highest BCUT2D eigenvalue weighted by atomic mass is 16.5. The van der Waals surface area contributed by atoms with Gasteiger partial charge in [0.25, 0.3) is 0 Å². The van der Waals surface area contributed by atoms with Crippen molar-refractivity contribution in [2.75, 3.05) is 13.1 Å². The van der Waals surface area contributed by atoms with Crippen LogP contribution in [0.1, 0.15) is 56.9 Å². The molecule has 27 heavy (non-hydrogen) atoms. The third-order valence-corrected chi connectivity index (χ3v) is 6.26. The number of rotatable bonds is 5. The van der Waals surface area contributed by atoms with Crippen LogP contribution in [0.2, 0.25) is 0 Å². The van der Waals surface area contributed by atoms with Crippen molar-refractivity contribution in [2.45, 2.75) is 57.0 Å². The van der Waals surface area contributed by atoms with Crippen molar-refractivity contribution >= 4 is 11.8 Å². The van der Waals surface area contributed by atoms with E-state index in [0.717, 1.165) is 12.8 Å². The van der Waals surface area contributed by atoms with Crippen LogP contribution in [0.5, 0.6) is 0 Å². The summed E-state index contributed by atoms with van der Waals surface area (Å²) in [5.74, 6) is -1.45. The fraction of sp³-hybridized carbons (Fsp3) is 0.619. The van der Waals surface area contributed by atoms with Crippen molar-refractivity contribution < 1.29 is 19.9 Å². The summed E-state index contributed by atoms with van der Waals surface area (Å²) in [5, 5.41) is 19.9. The number of hydrogen-bond acceptors (Lipinski definition) is 4. The lowest BCUT2D eigenvalue weighted by molar-refractivity contribution is -0.152. The summed E-state index contributed by atoms with van der Waals surface area (Å²) in [6.07, 6.45) is 3.54. The SMILES string of the molecule is CCC[C@]1(O)CC[C@H](C(=O)N2CC[C@H](c3ccccc3)C2)[C@@H](C(=O)NO)C1. The smallest absolute Gasteiger partial charge is 0.247 e. The number of carbonyl (C=O) groups excluding carboxylic acids is 2. The molecule has 6 heteroatoms. The Morgan fingerprint density at radius 3 is 2.63 bits per heavy atom. The van der Waals surface area contributed by atoms with Crippen LogP contribution in [-0.4, -0.2) is 45.7 Å². The number of amides is 2. The molecule has 0 radical (unpaired) electrons. The Balaban J connectivity index is 1.70. The second-order valence-corrected chi connectivity index (χ2v) is 8.09. The molecule has 1 aliphatic heterocycles. The van der Waals surface area contributed by atoms with Gasteiger partial charge < -0.3 is 10.0 Å². The standard InChI is InChI=1S/C21H30N2O4/c1-2-10-21(26)11-8-17(18(13-21)19(24)22-27)20(25)23-12-9-16(14-23)15-6-4-3-5-7-15/h3-7,16-18,26-27H,2,8-14H2,1H3,(H,22,24)/t16-,17-,18-,21-/m0/s1. The maximum absolute atomic E-state index is 13.2. The summed E-state index contributed by atoms with van der Waals surface area (Å²) in [4.78, 5) is 27.2. The molecule has 6 nitrogen and oxygen atoms in total. The summed E-state index contributed by atoms with van der Waals surface area (Å²) >= 11 is 0. The van der Waals surface area contributed by atoms with E-state index in [1.165, 1.54) is 5.56 Å². The molecule has 1 saturated carbocycles. The van der Waals surface area contributed by atoms with E-state index in [1.807, 2.05) is 30.0 Å². The average Bonchev–Trinajstić information content (AvgIpc) is 3.18. The number of nitrogens with one attached hydrogen (secondary N) is 1. The number of hydroxylamine groups is 1. The molecule has 2 amide bonds. The molecule has 2 fully saturated rings. The first-order valence-electron chi connectivity index (χ1n) is 9.97. The van der Waals surface area contributed by atoms with Crippen LogP contribution >= 0.6 is 0 Å². The molecule has 4 atom stereocenters. The molecule has 1 aromatic carbocycles. The minimum absolute atomic E-state index is 0.0272. The number of carbonyl (C=O) groups is 2. The maximum Gasteiger partial charge on any atom is 0.247 e. The summed E-state index contributed by atoms with van der Waals surface area (Å²) in [6.45, 7) is 3.33. The number of hydrogen-bond donors (Lipinski definition) is 3. The molecule has 0 bridgehead atoms. The predicted molar refractivity (Wildman–Crippen MR) is 101 cm³/mol. The monoisotopic (exact) mass is 374 g/mol. The van der Waals surface area contributed by atoms with E-state index in [9.17, 15) is 14.7 Å². The molecular weight excluding hydrogens is 344 g/mol. The highest BCUT2D eigenvalue weighted by molar-refractivity contribution is 5.87. The molecular formula is C21H30N2O4. The zero-order valence-electron chi connectivity index (χ0n) is 15.9. The zero-order chi connectivity index (χ0) is 19.4. The van der Waals surface area contributed by atoms with Gasteiger partial charge in [-0.25, -0.2) is 5.48 Å². The van der Waals surface area contributed by atoms with Crippen LogP contribution in [0.25, 0.3) is 0 Å². The zero-order valence-corrected chi connectivity index (χ0v) is 15.9. The van der Waals surface area contributed by atoms with Gasteiger partial charge in [0.1, 0.15) is 0 Å². The van der Waals surface area contributed by atoms with E-state index in [-0.39, 0.29) is 12.3 Å². The van der Waals surface area contributed by atoms with Gasteiger partial charge in [0, 0.05) is 19.0 Å². The Hall–Kier alpha value is -1.92. The van der Waals surface area contributed by atoms with E-state index in [2.05, 4.69) is 12.1 Å². The first-order chi connectivity index (χ1) is 13.0. The Kier molecular flexibility index (Phi) is 6.17. The molecule has 3 N–H and O–H groups in total. The van der Waals surface area contributed by atoms with E-state index in [1.54, 1.807) is 5.48 Å². The van der Waals surface area contributed by atoms with Gasteiger partial charge in [-0.05, 0) is 37.7 Å². The van der Waals surface area contributed by atoms with E-state index >= 15 is 0 Å². The molecule has 1 heterocycles. The van der Waals surface area contributed by atoms with Crippen molar-refractivity contribution in [1.82, 2.24) is 10.4 Å². The van der Waals surface area contributed by atoms with Crippen LogP contribution < -0.4 is 5.48 Å². The lowest BCUT2D eigenvalue weighted by Gasteiger charge is -2.41. The van der Waals surface area contributed by atoms with Gasteiger partial charge in [-0.1, -0.05) is 43.7 Å². The quantitative estimate of drug-likeness (QED) is 0.545. The molecule has 1 saturated heterocycles. The third-order valence-electron chi connectivity index (χ3n) is 6.26. The first kappa shape index (κ1) is 19.8. The normalized spacial score (nSPS) is 30.9. The van der Waals surface area contributed by atoms with Gasteiger partial charge in [0.05, 0.1) is 17.4 Å². The average molecular weight is 374 g/mol. The Morgan fingerprint density at radius 2 is 1.96 bits per heavy atom. The van der Waals surface area contributed by atoms with Gasteiger partial charge >= 0.3 is 0 Å². The highest BCUT2D eigenvalue weighted by Crippen LogP contribution is 2.41. The summed E-state index contributed by atoms with van der Waals surface area (Å²) < 4.78 is 0. The molecule has 0 aromatic heterocycles. The fourth-order valence-corrected chi connectivity index (χ4v) is 4.82. The van der Waals surface area contributed by atoms with Crippen LogP contribution in [0.3, 0.4) is 0 Å². The Morgan fingerprint density at radius 1 is 1.22 bits per heavy atom. The van der Waals surface area contributed by atoms with Gasteiger partial charge in [0.2, 0.25) is 11.8 Å². The maximum atomic E-state index is 13.2. The van der Waals surface area contributed by atoms with E-state index in [4.69, 9.17) is 5.21 Å². The van der Waals surface area contributed by atoms with Gasteiger partial charge in [-0.3, -0.25) is 14.8 Å². The van der Waals surface area contributed by atoms with Crippen LogP contribution in [0.15, 0.2) is 30.3 Å². The van der Waals surface area contributed by atoms with E-state index < -0.39 is 23.3 Å². The first-order valence-corrected chi connectivity index (χ1v) is 9.97. The van der Waals surface area contributed by atoms with Gasteiger partial charge in [-0.15, -0.1) is 0 Å². The van der Waals surface area contributed by atoms with Crippen LogP contribution in [0, 0.1) is 11.8 Å². The van der Waals surface area contributed by atoms with Crippen LogP contribution in [-0.2, 0) is 9.59 Å². The minimum atomic E-state index is -0.930. The van der Waals surface area contributed by atoms with E-state index in [0.29, 0.717) is 38.3 Å². The summed E-state index contributed by atoms with van der Waals surface area (Å²) in [7, 11) is 0. The lowest BCUT2D eigenvalue weighted by atomic mass is 9.69.